The highest BCUT2D eigenvalue weighted by atomic mass is 32.2. The number of aryl methyl sites for hydroxylation is 2. The number of carbonyl (C=O) groups excluding carboxylic acids is 2. The summed E-state index contributed by atoms with van der Waals surface area (Å²) in [5, 5.41) is 15.7. The first-order valence-electron chi connectivity index (χ1n) is 7.95. The van der Waals surface area contributed by atoms with Gasteiger partial charge < -0.3 is 16.0 Å². The molecule has 0 saturated heterocycles. The summed E-state index contributed by atoms with van der Waals surface area (Å²) in [7, 11) is 0. The van der Waals surface area contributed by atoms with Crippen LogP contribution in [0.4, 0.5) is 10.5 Å². The summed E-state index contributed by atoms with van der Waals surface area (Å²) in [6, 6.07) is 4.88. The number of H-pyrrole nitrogens is 1. The third-order valence-electron chi connectivity index (χ3n) is 3.27. The van der Waals surface area contributed by atoms with Crippen molar-refractivity contribution in [2.24, 2.45) is 0 Å². The summed E-state index contributed by atoms with van der Waals surface area (Å²) < 4.78 is 0. The summed E-state index contributed by atoms with van der Waals surface area (Å²) in [6.45, 7) is 6.61. The molecule has 1 heterocycles. The lowest BCUT2D eigenvalue weighted by atomic mass is 10.1. The van der Waals surface area contributed by atoms with Crippen molar-refractivity contribution in [1.29, 1.82) is 0 Å². The molecule has 2 rings (SSSR count). The number of hydrogen-bond donors (Lipinski definition) is 4. The Morgan fingerprint density at radius 3 is 2.68 bits per heavy atom. The number of carbonyl (C=O) groups is 2. The van der Waals surface area contributed by atoms with Crippen molar-refractivity contribution < 1.29 is 9.59 Å². The maximum absolute atomic E-state index is 12.0. The number of rotatable bonds is 7. The molecule has 0 radical (unpaired) electrons. The van der Waals surface area contributed by atoms with E-state index in [1.54, 1.807) is 18.2 Å². The molecule has 0 aliphatic heterocycles. The van der Waals surface area contributed by atoms with Crippen LogP contribution < -0.4 is 16.0 Å². The number of nitrogens with one attached hydrogen (secondary N) is 4. The molecule has 0 aliphatic rings. The second-order valence-corrected chi connectivity index (χ2v) is 6.38. The average Bonchev–Trinajstić information content (AvgIpc) is 2.99. The molecule has 8 nitrogen and oxygen atoms in total. The van der Waals surface area contributed by atoms with Crippen LogP contribution >= 0.6 is 11.8 Å². The summed E-state index contributed by atoms with van der Waals surface area (Å²) in [5.74, 6) is 1.31. The van der Waals surface area contributed by atoms with Crippen molar-refractivity contribution in [2.45, 2.75) is 25.9 Å². The average molecular weight is 362 g/mol. The van der Waals surface area contributed by atoms with Crippen LogP contribution in [-0.2, 0) is 0 Å². The Hall–Kier alpha value is -2.55. The van der Waals surface area contributed by atoms with Crippen LogP contribution in [0.15, 0.2) is 23.4 Å². The van der Waals surface area contributed by atoms with Gasteiger partial charge in [-0.05, 0) is 44.5 Å². The Morgan fingerprint density at radius 2 is 2.04 bits per heavy atom. The number of nitrogens with zero attached hydrogens (tertiary/aromatic N) is 2. The van der Waals surface area contributed by atoms with Gasteiger partial charge in [-0.1, -0.05) is 11.8 Å². The molecule has 0 saturated carbocycles. The lowest BCUT2D eigenvalue weighted by Crippen LogP contribution is -2.30. The summed E-state index contributed by atoms with van der Waals surface area (Å²) in [4.78, 5) is 27.9. The third kappa shape index (κ3) is 5.79. The molecular weight excluding hydrogens is 340 g/mol. The standard InChI is InChI=1S/C16H22N6O2S/c1-4-17-14(23)12-5-6-13(10(2)9-12)20-15(24)18-7-8-25-16-19-11(3)21-22-16/h5-6,9H,4,7-8H2,1-3H3,(H,17,23)(H2,18,20,24)(H,19,21,22). The highest BCUT2D eigenvalue weighted by molar-refractivity contribution is 7.99. The number of hydrogen-bond acceptors (Lipinski definition) is 5. The Morgan fingerprint density at radius 1 is 1.24 bits per heavy atom. The largest absolute Gasteiger partial charge is 0.352 e. The van der Waals surface area contributed by atoms with E-state index in [-0.39, 0.29) is 11.9 Å². The lowest BCUT2D eigenvalue weighted by Gasteiger charge is -2.11. The lowest BCUT2D eigenvalue weighted by molar-refractivity contribution is 0.0955. The minimum Gasteiger partial charge on any atom is -0.352 e. The normalized spacial score (nSPS) is 10.4. The Bertz CT molecular complexity index is 746. The molecule has 0 unspecified atom stereocenters. The van der Waals surface area contributed by atoms with E-state index in [9.17, 15) is 9.59 Å². The van der Waals surface area contributed by atoms with Crippen molar-refractivity contribution in [2.75, 3.05) is 24.2 Å². The predicted molar refractivity (Wildman–Crippen MR) is 98.1 cm³/mol. The molecule has 0 aliphatic carbocycles. The number of thioether (sulfide) groups is 1. The van der Waals surface area contributed by atoms with Gasteiger partial charge in [0.2, 0.25) is 5.16 Å². The number of urea groups is 1. The van der Waals surface area contributed by atoms with Gasteiger partial charge in [-0.25, -0.2) is 9.78 Å². The molecule has 0 fully saturated rings. The van der Waals surface area contributed by atoms with E-state index in [0.29, 0.717) is 35.2 Å². The Kier molecular flexibility index (Phi) is 6.81. The minimum absolute atomic E-state index is 0.124. The number of anilines is 1. The highest BCUT2D eigenvalue weighted by Crippen LogP contribution is 2.16. The molecule has 0 bridgehead atoms. The number of benzene rings is 1. The Balaban J connectivity index is 1.78. The second kappa shape index (κ2) is 9.07. The quantitative estimate of drug-likeness (QED) is 0.445. The summed E-state index contributed by atoms with van der Waals surface area (Å²) in [5.41, 5.74) is 2.07. The minimum atomic E-state index is -0.291. The Labute approximate surface area is 150 Å². The van der Waals surface area contributed by atoms with Crippen LogP contribution in [0.2, 0.25) is 0 Å². The SMILES string of the molecule is CCNC(=O)c1ccc(NC(=O)NCCSc2n[nH]c(C)n2)c(C)c1. The number of amides is 3. The first-order chi connectivity index (χ1) is 12.0. The van der Waals surface area contributed by atoms with Crippen LogP contribution in [-0.4, -0.2) is 46.0 Å². The zero-order chi connectivity index (χ0) is 18.2. The van der Waals surface area contributed by atoms with Gasteiger partial charge in [0.1, 0.15) is 5.82 Å². The smallest absolute Gasteiger partial charge is 0.319 e. The van der Waals surface area contributed by atoms with Crippen molar-refractivity contribution in [3.63, 3.8) is 0 Å². The molecular formula is C16H22N6O2S. The van der Waals surface area contributed by atoms with E-state index in [1.165, 1.54) is 11.8 Å². The zero-order valence-corrected chi connectivity index (χ0v) is 15.3. The van der Waals surface area contributed by atoms with Crippen LogP contribution in [0, 0.1) is 13.8 Å². The molecule has 2 aromatic rings. The van der Waals surface area contributed by atoms with Crippen LogP contribution in [0.1, 0.15) is 28.7 Å². The van der Waals surface area contributed by atoms with Gasteiger partial charge in [0.25, 0.3) is 5.91 Å². The van der Waals surface area contributed by atoms with E-state index in [4.69, 9.17) is 0 Å². The highest BCUT2D eigenvalue weighted by Gasteiger charge is 2.09. The molecule has 3 amide bonds. The fraction of sp³-hybridized carbons (Fsp3) is 0.375. The summed E-state index contributed by atoms with van der Waals surface area (Å²) in [6.07, 6.45) is 0. The monoisotopic (exact) mass is 362 g/mol. The molecule has 1 aromatic heterocycles. The zero-order valence-electron chi connectivity index (χ0n) is 14.5. The van der Waals surface area contributed by atoms with Crippen LogP contribution in [0.25, 0.3) is 0 Å². The van der Waals surface area contributed by atoms with Gasteiger partial charge >= 0.3 is 6.03 Å². The molecule has 0 atom stereocenters. The first kappa shape index (κ1) is 18.8. The van der Waals surface area contributed by atoms with Gasteiger partial charge in [0, 0.05) is 30.1 Å². The second-order valence-electron chi connectivity index (χ2n) is 5.32. The van der Waals surface area contributed by atoms with Crippen LogP contribution in [0.5, 0.6) is 0 Å². The van der Waals surface area contributed by atoms with Crippen LogP contribution in [0.3, 0.4) is 0 Å². The van der Waals surface area contributed by atoms with Crippen molar-refractivity contribution >= 4 is 29.4 Å². The van der Waals surface area contributed by atoms with Gasteiger partial charge in [-0.2, -0.15) is 0 Å². The van der Waals surface area contributed by atoms with Crippen molar-refractivity contribution in [3.05, 3.63) is 35.2 Å². The van der Waals surface area contributed by atoms with E-state index >= 15 is 0 Å². The predicted octanol–water partition coefficient (Wildman–Crippen LogP) is 2.09. The molecule has 134 valence electrons. The summed E-state index contributed by atoms with van der Waals surface area (Å²) >= 11 is 1.46. The molecule has 4 N–H and O–H groups in total. The topological polar surface area (TPSA) is 112 Å². The molecule has 1 aromatic carbocycles. The fourth-order valence-electron chi connectivity index (χ4n) is 2.07. The van der Waals surface area contributed by atoms with Gasteiger partial charge in [0.05, 0.1) is 0 Å². The molecule has 25 heavy (non-hydrogen) atoms. The van der Waals surface area contributed by atoms with E-state index in [0.717, 1.165) is 11.4 Å². The van der Waals surface area contributed by atoms with E-state index < -0.39 is 0 Å². The maximum Gasteiger partial charge on any atom is 0.319 e. The van der Waals surface area contributed by atoms with E-state index in [2.05, 4.69) is 31.1 Å². The fourth-order valence-corrected chi connectivity index (χ4v) is 2.77. The first-order valence-corrected chi connectivity index (χ1v) is 8.93. The van der Waals surface area contributed by atoms with Gasteiger partial charge in [-0.3, -0.25) is 9.89 Å². The van der Waals surface area contributed by atoms with Crippen molar-refractivity contribution in [3.8, 4) is 0 Å². The third-order valence-corrected chi connectivity index (χ3v) is 4.12. The maximum atomic E-state index is 12.0. The van der Waals surface area contributed by atoms with E-state index in [1.807, 2.05) is 20.8 Å². The molecule has 0 spiro atoms. The molecule has 9 heteroatoms. The number of aromatic nitrogens is 3. The van der Waals surface area contributed by atoms with Gasteiger partial charge in [-0.15, -0.1) is 5.10 Å². The van der Waals surface area contributed by atoms with Crippen molar-refractivity contribution in [1.82, 2.24) is 25.8 Å². The number of aromatic amines is 1. The van der Waals surface area contributed by atoms with Gasteiger partial charge in [0.15, 0.2) is 0 Å².